The molecule has 0 radical (unpaired) electrons. The largest absolute Gasteiger partial charge is 0.382 e. The molecule has 0 aliphatic heterocycles. The van der Waals surface area contributed by atoms with Crippen LogP contribution in [-0.4, -0.2) is 20.8 Å². The van der Waals surface area contributed by atoms with E-state index in [0.717, 1.165) is 6.54 Å². The van der Waals surface area contributed by atoms with E-state index in [4.69, 9.17) is 0 Å². The number of nitrogens with zero attached hydrogens (tertiary/aromatic N) is 3. The molecule has 112 valence electrons. The first kappa shape index (κ1) is 14.1. The molecule has 1 aromatic carbocycles. The Morgan fingerprint density at radius 1 is 1.29 bits per heavy atom. The fourth-order valence-electron chi connectivity index (χ4n) is 3.26. The van der Waals surface area contributed by atoms with Gasteiger partial charge in [0, 0.05) is 11.7 Å². The van der Waals surface area contributed by atoms with Crippen molar-refractivity contribution in [3.05, 3.63) is 42.5 Å². The summed E-state index contributed by atoms with van der Waals surface area (Å²) in [7, 11) is 0. The molecule has 1 aromatic heterocycles. The Morgan fingerprint density at radius 3 is 2.76 bits per heavy atom. The SMILES string of the molecule is CC1(C)CCCC(Nc2ccc(Cn3cncn3)cc2)C1. The molecule has 0 bridgehead atoms. The molecular weight excluding hydrogens is 260 g/mol. The fourth-order valence-corrected chi connectivity index (χ4v) is 3.26. The van der Waals surface area contributed by atoms with Crippen LogP contribution in [-0.2, 0) is 6.54 Å². The monoisotopic (exact) mass is 284 g/mol. The lowest BCUT2D eigenvalue weighted by Gasteiger charge is -2.36. The summed E-state index contributed by atoms with van der Waals surface area (Å²) in [5.41, 5.74) is 2.94. The van der Waals surface area contributed by atoms with E-state index >= 15 is 0 Å². The summed E-state index contributed by atoms with van der Waals surface area (Å²) in [5.74, 6) is 0. The molecule has 0 saturated heterocycles. The predicted octanol–water partition coefficient (Wildman–Crippen LogP) is 3.71. The van der Waals surface area contributed by atoms with Gasteiger partial charge in [-0.3, -0.25) is 0 Å². The Morgan fingerprint density at radius 2 is 2.10 bits per heavy atom. The summed E-state index contributed by atoms with van der Waals surface area (Å²) in [6.07, 6.45) is 8.53. The minimum absolute atomic E-state index is 0.475. The van der Waals surface area contributed by atoms with Crippen molar-refractivity contribution >= 4 is 5.69 Å². The zero-order chi connectivity index (χ0) is 14.7. The molecule has 1 aliphatic carbocycles. The van der Waals surface area contributed by atoms with E-state index in [1.54, 1.807) is 12.7 Å². The van der Waals surface area contributed by atoms with Gasteiger partial charge in [0.05, 0.1) is 6.54 Å². The van der Waals surface area contributed by atoms with Crippen LogP contribution in [0.2, 0.25) is 0 Å². The lowest BCUT2D eigenvalue weighted by Crippen LogP contribution is -2.31. The summed E-state index contributed by atoms with van der Waals surface area (Å²) in [6, 6.07) is 9.28. The Kier molecular flexibility index (Phi) is 3.95. The number of hydrogen-bond donors (Lipinski definition) is 1. The highest BCUT2D eigenvalue weighted by molar-refractivity contribution is 5.45. The highest BCUT2D eigenvalue weighted by Gasteiger charge is 2.27. The zero-order valence-electron chi connectivity index (χ0n) is 12.9. The van der Waals surface area contributed by atoms with Crippen molar-refractivity contribution in [3.8, 4) is 0 Å². The first-order valence-electron chi connectivity index (χ1n) is 7.79. The zero-order valence-corrected chi connectivity index (χ0v) is 12.9. The van der Waals surface area contributed by atoms with Gasteiger partial charge < -0.3 is 5.32 Å². The maximum absolute atomic E-state index is 4.13. The van der Waals surface area contributed by atoms with Gasteiger partial charge in [-0.25, -0.2) is 9.67 Å². The van der Waals surface area contributed by atoms with Gasteiger partial charge in [0.25, 0.3) is 0 Å². The van der Waals surface area contributed by atoms with Crippen LogP contribution in [0.25, 0.3) is 0 Å². The molecule has 1 N–H and O–H groups in total. The van der Waals surface area contributed by atoms with Crippen LogP contribution in [0.3, 0.4) is 0 Å². The van der Waals surface area contributed by atoms with Gasteiger partial charge in [-0.1, -0.05) is 32.4 Å². The van der Waals surface area contributed by atoms with Crippen LogP contribution in [0.15, 0.2) is 36.9 Å². The van der Waals surface area contributed by atoms with Crippen LogP contribution in [0.1, 0.15) is 45.1 Å². The molecule has 1 fully saturated rings. The molecule has 0 amide bonds. The first-order valence-corrected chi connectivity index (χ1v) is 7.79. The van der Waals surface area contributed by atoms with Crippen LogP contribution in [0.4, 0.5) is 5.69 Å². The van der Waals surface area contributed by atoms with Gasteiger partial charge in [-0.15, -0.1) is 0 Å². The second-order valence-electron chi connectivity index (χ2n) is 6.89. The van der Waals surface area contributed by atoms with Gasteiger partial charge in [0.15, 0.2) is 0 Å². The van der Waals surface area contributed by atoms with Crippen molar-refractivity contribution in [1.82, 2.24) is 14.8 Å². The molecular formula is C17H24N4. The van der Waals surface area contributed by atoms with Crippen molar-refractivity contribution in [1.29, 1.82) is 0 Å². The topological polar surface area (TPSA) is 42.7 Å². The smallest absolute Gasteiger partial charge is 0.137 e. The number of hydrogen-bond acceptors (Lipinski definition) is 3. The maximum Gasteiger partial charge on any atom is 0.137 e. The molecule has 2 aromatic rings. The highest BCUT2D eigenvalue weighted by atomic mass is 15.3. The van der Waals surface area contributed by atoms with Crippen molar-refractivity contribution in [2.24, 2.45) is 5.41 Å². The lowest BCUT2D eigenvalue weighted by molar-refractivity contribution is 0.229. The van der Waals surface area contributed by atoms with Gasteiger partial charge in [-0.2, -0.15) is 5.10 Å². The summed E-state index contributed by atoms with van der Waals surface area (Å²) in [6.45, 7) is 5.53. The van der Waals surface area contributed by atoms with Crippen LogP contribution >= 0.6 is 0 Å². The van der Waals surface area contributed by atoms with E-state index in [2.05, 4.69) is 53.5 Å². The van der Waals surface area contributed by atoms with Gasteiger partial charge in [0.2, 0.25) is 0 Å². The molecule has 4 nitrogen and oxygen atoms in total. The Labute approximate surface area is 126 Å². The van der Waals surface area contributed by atoms with Gasteiger partial charge >= 0.3 is 0 Å². The lowest BCUT2D eigenvalue weighted by atomic mass is 9.75. The summed E-state index contributed by atoms with van der Waals surface area (Å²) in [4.78, 5) is 3.97. The molecule has 1 heterocycles. The molecule has 21 heavy (non-hydrogen) atoms. The second kappa shape index (κ2) is 5.88. The molecule has 1 unspecified atom stereocenters. The third-order valence-corrected chi connectivity index (χ3v) is 4.34. The Balaban J connectivity index is 1.59. The standard InChI is InChI=1S/C17H24N4/c1-17(2)9-3-4-16(10-17)20-15-7-5-14(6-8-15)11-21-13-18-12-19-21/h5-8,12-13,16,20H,3-4,9-11H2,1-2H3. The average molecular weight is 284 g/mol. The van der Waals surface area contributed by atoms with E-state index in [-0.39, 0.29) is 0 Å². The van der Waals surface area contributed by atoms with Crippen LogP contribution < -0.4 is 5.32 Å². The molecule has 1 aliphatic rings. The number of benzene rings is 1. The Hall–Kier alpha value is -1.84. The second-order valence-corrected chi connectivity index (χ2v) is 6.89. The number of aromatic nitrogens is 3. The summed E-state index contributed by atoms with van der Waals surface area (Å²) >= 11 is 0. The predicted molar refractivity (Wildman–Crippen MR) is 85.2 cm³/mol. The Bertz CT molecular complexity index is 557. The van der Waals surface area contributed by atoms with E-state index in [9.17, 15) is 0 Å². The fraction of sp³-hybridized carbons (Fsp3) is 0.529. The molecule has 3 rings (SSSR count). The molecule has 1 atom stereocenters. The normalized spacial score (nSPS) is 21.1. The van der Waals surface area contributed by atoms with Crippen LogP contribution in [0.5, 0.6) is 0 Å². The van der Waals surface area contributed by atoms with E-state index in [1.165, 1.54) is 36.9 Å². The van der Waals surface area contributed by atoms with E-state index in [1.807, 2.05) is 4.68 Å². The molecule has 4 heteroatoms. The highest BCUT2D eigenvalue weighted by Crippen LogP contribution is 2.36. The van der Waals surface area contributed by atoms with Crippen molar-refractivity contribution in [2.45, 2.75) is 52.1 Å². The minimum atomic E-state index is 0.475. The van der Waals surface area contributed by atoms with E-state index < -0.39 is 0 Å². The van der Waals surface area contributed by atoms with E-state index in [0.29, 0.717) is 11.5 Å². The maximum atomic E-state index is 4.13. The van der Waals surface area contributed by atoms with Crippen molar-refractivity contribution < 1.29 is 0 Å². The molecule has 1 saturated carbocycles. The molecule has 0 spiro atoms. The number of nitrogens with one attached hydrogen (secondary N) is 1. The van der Waals surface area contributed by atoms with Gasteiger partial charge in [-0.05, 0) is 42.4 Å². The third kappa shape index (κ3) is 3.84. The van der Waals surface area contributed by atoms with Crippen molar-refractivity contribution in [3.63, 3.8) is 0 Å². The summed E-state index contributed by atoms with van der Waals surface area (Å²) < 4.78 is 1.84. The number of anilines is 1. The third-order valence-electron chi connectivity index (χ3n) is 4.34. The van der Waals surface area contributed by atoms with Gasteiger partial charge in [0.1, 0.15) is 12.7 Å². The quantitative estimate of drug-likeness (QED) is 0.930. The average Bonchev–Trinajstić information content (AvgIpc) is 2.93. The van der Waals surface area contributed by atoms with Crippen molar-refractivity contribution in [2.75, 3.05) is 5.32 Å². The first-order chi connectivity index (χ1) is 10.1. The minimum Gasteiger partial charge on any atom is -0.382 e. The van der Waals surface area contributed by atoms with Crippen LogP contribution in [0, 0.1) is 5.41 Å². The number of rotatable bonds is 4. The summed E-state index contributed by atoms with van der Waals surface area (Å²) in [5, 5.41) is 7.82.